The van der Waals surface area contributed by atoms with Gasteiger partial charge in [-0.25, -0.2) is 0 Å². The molecule has 2 aromatic carbocycles. The molecule has 2 N–H and O–H groups in total. The number of benzene rings is 2. The molecule has 0 aliphatic rings. The monoisotopic (exact) mass is 315 g/mol. The first-order chi connectivity index (χ1) is 10.7. The smallest absolute Gasteiger partial charge is 0.191 e. The Labute approximate surface area is 137 Å². The van der Waals surface area contributed by atoms with E-state index in [0.717, 1.165) is 12.5 Å². The van der Waals surface area contributed by atoms with Crippen molar-refractivity contribution in [2.45, 2.75) is 25.1 Å². The molecule has 2 unspecified atom stereocenters. The fraction of sp³-hybridized carbons (Fsp3) is 0.389. The topological polar surface area (TPSA) is 36.4 Å². The van der Waals surface area contributed by atoms with Crippen LogP contribution in [0, 0.1) is 0 Å². The van der Waals surface area contributed by atoms with E-state index in [9.17, 15) is 0 Å². The molecule has 2 aromatic rings. The van der Waals surface area contributed by atoms with Crippen LogP contribution in [0.15, 0.2) is 47.5 Å². The molecule has 3 nitrogen and oxygen atoms in total. The highest BCUT2D eigenvalue weighted by Crippen LogP contribution is 2.23. The van der Waals surface area contributed by atoms with Crippen LogP contribution in [0.3, 0.4) is 0 Å². The van der Waals surface area contributed by atoms with Gasteiger partial charge in [0.05, 0.1) is 6.04 Å². The normalized spacial score (nSPS) is 14.6. The van der Waals surface area contributed by atoms with Gasteiger partial charge in [-0.15, -0.1) is 0 Å². The number of hydrogen-bond acceptors (Lipinski definition) is 2. The van der Waals surface area contributed by atoms with Crippen molar-refractivity contribution in [3.8, 4) is 0 Å². The maximum Gasteiger partial charge on any atom is 0.191 e. The van der Waals surface area contributed by atoms with Gasteiger partial charge in [0.1, 0.15) is 0 Å². The summed E-state index contributed by atoms with van der Waals surface area (Å²) in [6.07, 6.45) is 2.13. The largest absolute Gasteiger partial charge is 0.355 e. The van der Waals surface area contributed by atoms with Gasteiger partial charge in [-0.05, 0) is 29.5 Å². The summed E-state index contributed by atoms with van der Waals surface area (Å²) in [7, 11) is 1.81. The van der Waals surface area contributed by atoms with Crippen LogP contribution in [0.4, 0.5) is 0 Å². The highest BCUT2D eigenvalue weighted by molar-refractivity contribution is 7.99. The molecule has 4 heteroatoms. The van der Waals surface area contributed by atoms with Crippen LogP contribution in [-0.4, -0.2) is 31.1 Å². The molecular formula is C18H25N3S. The lowest BCUT2D eigenvalue weighted by molar-refractivity contribution is 0.688. The number of guanidine groups is 1. The zero-order chi connectivity index (χ0) is 15.9. The molecule has 2 atom stereocenters. The maximum atomic E-state index is 4.33. The van der Waals surface area contributed by atoms with Gasteiger partial charge < -0.3 is 10.6 Å². The predicted octanol–water partition coefficient (Wildman–Crippen LogP) is 3.82. The summed E-state index contributed by atoms with van der Waals surface area (Å²) in [5.74, 6) is 0.848. The Morgan fingerprint density at radius 2 is 1.86 bits per heavy atom. The molecule has 2 rings (SSSR count). The van der Waals surface area contributed by atoms with Crippen LogP contribution in [-0.2, 0) is 0 Å². The molecule has 0 aliphatic carbocycles. The summed E-state index contributed by atoms with van der Waals surface area (Å²) in [5.41, 5.74) is 1.29. The summed E-state index contributed by atoms with van der Waals surface area (Å²) in [4.78, 5) is 4.33. The minimum absolute atomic E-state index is 0.196. The fourth-order valence-electron chi connectivity index (χ4n) is 2.43. The molecule has 22 heavy (non-hydrogen) atoms. The molecular weight excluding hydrogens is 290 g/mol. The lowest BCUT2D eigenvalue weighted by Gasteiger charge is -2.20. The Balaban J connectivity index is 2.11. The number of thioether (sulfide) groups is 1. The van der Waals surface area contributed by atoms with Crippen LogP contribution in [0.5, 0.6) is 0 Å². The van der Waals surface area contributed by atoms with Gasteiger partial charge >= 0.3 is 0 Å². The molecule has 0 bridgehead atoms. The van der Waals surface area contributed by atoms with Gasteiger partial charge in [-0.1, -0.05) is 49.4 Å². The Morgan fingerprint density at radius 3 is 2.59 bits per heavy atom. The van der Waals surface area contributed by atoms with Gasteiger partial charge in [0.15, 0.2) is 5.96 Å². The summed E-state index contributed by atoms with van der Waals surface area (Å²) in [6.45, 7) is 5.29. The molecule has 0 amide bonds. The van der Waals surface area contributed by atoms with Crippen LogP contribution in [0.2, 0.25) is 0 Å². The summed E-state index contributed by atoms with van der Waals surface area (Å²) < 4.78 is 0. The molecule has 0 aliphatic heterocycles. The average molecular weight is 315 g/mol. The number of hydrogen-bond donors (Lipinski definition) is 2. The number of rotatable bonds is 5. The van der Waals surface area contributed by atoms with Crippen LogP contribution in [0.25, 0.3) is 10.8 Å². The standard InChI is InChI=1S/C18H25N3S/c1-13(22-4)12-20-18(19-3)21-14(2)16-11-7-9-15-8-5-6-10-17(15)16/h5-11,13-14H,12H2,1-4H3,(H2,19,20,21). The third-order valence-corrected chi connectivity index (χ3v) is 4.80. The lowest BCUT2D eigenvalue weighted by Crippen LogP contribution is -2.41. The van der Waals surface area contributed by atoms with E-state index < -0.39 is 0 Å². The van der Waals surface area contributed by atoms with Crippen LogP contribution < -0.4 is 10.6 Å². The van der Waals surface area contributed by atoms with E-state index in [1.165, 1.54) is 16.3 Å². The highest BCUT2D eigenvalue weighted by atomic mass is 32.2. The van der Waals surface area contributed by atoms with Gasteiger partial charge in [0, 0.05) is 18.8 Å². The molecule has 0 aromatic heterocycles. The third-order valence-electron chi connectivity index (χ3n) is 3.83. The second kappa shape index (κ2) is 8.08. The number of nitrogens with zero attached hydrogens (tertiary/aromatic N) is 1. The van der Waals surface area contributed by atoms with Crippen molar-refractivity contribution in [2.75, 3.05) is 19.8 Å². The van der Waals surface area contributed by atoms with Crippen LogP contribution in [0.1, 0.15) is 25.5 Å². The number of fused-ring (bicyclic) bond motifs is 1. The molecule has 0 spiro atoms. The van der Waals surface area contributed by atoms with Crippen molar-refractivity contribution < 1.29 is 0 Å². The van der Waals surface area contributed by atoms with Crippen LogP contribution >= 0.6 is 11.8 Å². The molecule has 0 saturated heterocycles. The highest BCUT2D eigenvalue weighted by Gasteiger charge is 2.11. The molecule has 0 fully saturated rings. The van der Waals surface area contributed by atoms with Gasteiger partial charge in [0.25, 0.3) is 0 Å². The molecule has 0 saturated carbocycles. The Kier molecular flexibility index (Phi) is 6.13. The third kappa shape index (κ3) is 4.17. The second-order valence-electron chi connectivity index (χ2n) is 5.43. The van der Waals surface area contributed by atoms with Gasteiger partial charge in [0.2, 0.25) is 0 Å². The minimum atomic E-state index is 0.196. The van der Waals surface area contributed by atoms with E-state index in [4.69, 9.17) is 0 Å². The van der Waals surface area contributed by atoms with E-state index >= 15 is 0 Å². The Bertz CT molecular complexity index is 634. The van der Waals surface area contributed by atoms with Gasteiger partial charge in [-0.3, -0.25) is 4.99 Å². The number of nitrogens with one attached hydrogen (secondary N) is 2. The summed E-state index contributed by atoms with van der Waals surface area (Å²) >= 11 is 1.85. The van der Waals surface area contributed by atoms with Crippen molar-refractivity contribution in [1.29, 1.82) is 0 Å². The first-order valence-corrected chi connectivity index (χ1v) is 8.92. The SMILES string of the molecule is CN=C(NCC(C)SC)NC(C)c1cccc2ccccc12. The van der Waals surface area contributed by atoms with E-state index in [2.05, 4.69) is 78.2 Å². The zero-order valence-corrected chi connectivity index (χ0v) is 14.6. The van der Waals surface area contributed by atoms with Crippen molar-refractivity contribution >= 4 is 28.5 Å². The first-order valence-electron chi connectivity index (χ1n) is 7.63. The molecule has 0 radical (unpaired) electrons. The van der Waals surface area contributed by atoms with E-state index in [1.54, 1.807) is 0 Å². The van der Waals surface area contributed by atoms with Crippen molar-refractivity contribution in [2.24, 2.45) is 4.99 Å². The summed E-state index contributed by atoms with van der Waals surface area (Å²) in [6, 6.07) is 15.1. The first kappa shape index (κ1) is 16.7. The Morgan fingerprint density at radius 1 is 1.14 bits per heavy atom. The van der Waals surface area contributed by atoms with Gasteiger partial charge in [-0.2, -0.15) is 11.8 Å². The van der Waals surface area contributed by atoms with E-state index in [-0.39, 0.29) is 6.04 Å². The van der Waals surface area contributed by atoms with Crippen molar-refractivity contribution in [3.05, 3.63) is 48.0 Å². The summed E-state index contributed by atoms with van der Waals surface area (Å²) in [5, 5.41) is 9.99. The van der Waals surface area contributed by atoms with Crippen molar-refractivity contribution in [1.82, 2.24) is 10.6 Å². The van der Waals surface area contributed by atoms with E-state index in [1.807, 2.05) is 18.8 Å². The average Bonchev–Trinajstić information content (AvgIpc) is 2.57. The quantitative estimate of drug-likeness (QED) is 0.650. The molecule has 0 heterocycles. The minimum Gasteiger partial charge on any atom is -0.355 e. The van der Waals surface area contributed by atoms with E-state index in [0.29, 0.717) is 5.25 Å². The van der Waals surface area contributed by atoms with Crippen molar-refractivity contribution in [3.63, 3.8) is 0 Å². The maximum absolute atomic E-state index is 4.33. The zero-order valence-electron chi connectivity index (χ0n) is 13.8. The second-order valence-corrected chi connectivity index (χ2v) is 6.71. The predicted molar refractivity (Wildman–Crippen MR) is 99.8 cm³/mol. The lowest BCUT2D eigenvalue weighted by atomic mass is 10.00. The fourth-order valence-corrected chi connectivity index (χ4v) is 2.68. The Hall–Kier alpha value is -1.68. The molecule has 118 valence electrons. The number of aliphatic imine (C=N–C) groups is 1.